The fourth-order valence-corrected chi connectivity index (χ4v) is 1.60. The van der Waals surface area contributed by atoms with Crippen LogP contribution in [0.3, 0.4) is 0 Å². The van der Waals surface area contributed by atoms with Gasteiger partial charge in [-0.05, 0) is 36.5 Å². The highest BCUT2D eigenvalue weighted by Crippen LogP contribution is 2.07. The largest absolute Gasteiger partial charge is 0.399 e. The van der Waals surface area contributed by atoms with Gasteiger partial charge < -0.3 is 15.2 Å². The van der Waals surface area contributed by atoms with E-state index in [-0.39, 0.29) is 0 Å². The van der Waals surface area contributed by atoms with Gasteiger partial charge in [0.15, 0.2) is 0 Å². The third-order valence-electron chi connectivity index (χ3n) is 2.56. The molecule has 1 aromatic carbocycles. The Bertz CT molecular complexity index is 309. The van der Waals surface area contributed by atoms with Gasteiger partial charge in [-0.2, -0.15) is 0 Å². The maximum absolute atomic E-state index is 5.63. The third-order valence-corrected chi connectivity index (χ3v) is 2.56. The molecule has 0 aromatic heterocycles. The van der Waals surface area contributed by atoms with Crippen LogP contribution in [0.1, 0.15) is 25.8 Å². The molecule has 2 N–H and O–H groups in total. The van der Waals surface area contributed by atoms with Crippen LogP contribution in [0.15, 0.2) is 24.3 Å². The van der Waals surface area contributed by atoms with Crippen LogP contribution >= 0.6 is 0 Å². The maximum atomic E-state index is 5.63. The van der Waals surface area contributed by atoms with Crippen molar-refractivity contribution in [2.45, 2.75) is 26.7 Å². The molecule has 18 heavy (non-hydrogen) atoms. The predicted octanol–water partition coefficient (Wildman–Crippen LogP) is 2.89. The molecule has 1 aromatic rings. The van der Waals surface area contributed by atoms with Crippen molar-refractivity contribution < 1.29 is 9.47 Å². The lowest BCUT2D eigenvalue weighted by Gasteiger charge is -2.07. The number of nitrogens with two attached hydrogens (primary N) is 1. The molecule has 0 aliphatic heterocycles. The van der Waals surface area contributed by atoms with E-state index in [0.717, 1.165) is 31.7 Å². The van der Waals surface area contributed by atoms with Crippen molar-refractivity contribution in [1.82, 2.24) is 0 Å². The van der Waals surface area contributed by atoms with Crippen molar-refractivity contribution >= 4 is 5.69 Å². The topological polar surface area (TPSA) is 44.5 Å². The molecule has 0 saturated heterocycles. The first-order valence-electron chi connectivity index (χ1n) is 6.68. The van der Waals surface area contributed by atoms with Crippen LogP contribution in [0.25, 0.3) is 0 Å². The van der Waals surface area contributed by atoms with E-state index in [1.807, 2.05) is 12.1 Å². The lowest BCUT2D eigenvalue weighted by atomic mass is 10.1. The molecule has 3 nitrogen and oxygen atoms in total. The minimum Gasteiger partial charge on any atom is -0.399 e. The van der Waals surface area contributed by atoms with E-state index in [1.165, 1.54) is 5.56 Å². The van der Waals surface area contributed by atoms with Gasteiger partial charge in [-0.1, -0.05) is 26.0 Å². The smallest absolute Gasteiger partial charge is 0.0700 e. The number of hydrogen-bond donors (Lipinski definition) is 1. The number of ether oxygens (including phenoxy) is 2. The Morgan fingerprint density at radius 1 is 1.00 bits per heavy atom. The number of anilines is 1. The Balaban J connectivity index is 1.94. The lowest BCUT2D eigenvalue weighted by molar-refractivity contribution is 0.0371. The number of nitrogen functional groups attached to an aromatic ring is 1. The number of hydrogen-bond acceptors (Lipinski definition) is 3. The van der Waals surface area contributed by atoms with Gasteiger partial charge in [0, 0.05) is 18.9 Å². The van der Waals surface area contributed by atoms with Gasteiger partial charge in [0.25, 0.3) is 0 Å². The van der Waals surface area contributed by atoms with E-state index in [9.17, 15) is 0 Å². The molecule has 0 radical (unpaired) electrons. The van der Waals surface area contributed by atoms with Crippen LogP contribution in [0.2, 0.25) is 0 Å². The second-order valence-electron chi connectivity index (χ2n) is 4.93. The molecule has 0 heterocycles. The molecule has 0 saturated carbocycles. The molecule has 3 heteroatoms. The SMILES string of the molecule is CC(C)COCCOCCCc1ccc(N)cc1. The molecule has 0 bridgehead atoms. The quantitative estimate of drug-likeness (QED) is 0.542. The van der Waals surface area contributed by atoms with Crippen molar-refractivity contribution in [3.63, 3.8) is 0 Å². The number of rotatable bonds is 9. The Morgan fingerprint density at radius 2 is 1.67 bits per heavy atom. The standard InChI is InChI=1S/C15H25NO2/c1-13(2)12-18-11-10-17-9-3-4-14-5-7-15(16)8-6-14/h5-8,13H,3-4,9-12,16H2,1-2H3. The number of aryl methyl sites for hydroxylation is 1. The molecule has 0 aliphatic rings. The molecule has 1 rings (SSSR count). The first-order chi connectivity index (χ1) is 8.68. The zero-order valence-electron chi connectivity index (χ0n) is 11.5. The second-order valence-corrected chi connectivity index (χ2v) is 4.93. The highest BCUT2D eigenvalue weighted by atomic mass is 16.5. The first kappa shape index (κ1) is 15.0. The summed E-state index contributed by atoms with van der Waals surface area (Å²) in [5, 5.41) is 0. The molecule has 0 aliphatic carbocycles. The monoisotopic (exact) mass is 251 g/mol. The van der Waals surface area contributed by atoms with Gasteiger partial charge in [-0.25, -0.2) is 0 Å². The summed E-state index contributed by atoms with van der Waals surface area (Å²) in [6.07, 6.45) is 2.07. The lowest BCUT2D eigenvalue weighted by Crippen LogP contribution is -2.09. The Kier molecular flexibility index (Phi) is 7.46. The normalized spacial score (nSPS) is 11.1. The summed E-state index contributed by atoms with van der Waals surface area (Å²) in [6.45, 7) is 7.28. The van der Waals surface area contributed by atoms with E-state index < -0.39 is 0 Å². The van der Waals surface area contributed by atoms with Crippen molar-refractivity contribution in [2.24, 2.45) is 5.92 Å². The minimum absolute atomic E-state index is 0.593. The average molecular weight is 251 g/mol. The fraction of sp³-hybridized carbons (Fsp3) is 0.600. The van der Waals surface area contributed by atoms with E-state index in [2.05, 4.69) is 26.0 Å². The summed E-state index contributed by atoms with van der Waals surface area (Å²) in [7, 11) is 0. The zero-order chi connectivity index (χ0) is 13.2. The third kappa shape index (κ3) is 7.30. The molecule has 0 unspecified atom stereocenters. The first-order valence-corrected chi connectivity index (χ1v) is 6.68. The molecular weight excluding hydrogens is 226 g/mol. The zero-order valence-corrected chi connectivity index (χ0v) is 11.5. The average Bonchev–Trinajstić information content (AvgIpc) is 2.34. The molecular formula is C15H25NO2. The predicted molar refractivity (Wildman–Crippen MR) is 75.7 cm³/mol. The van der Waals surface area contributed by atoms with Gasteiger partial charge in [0.05, 0.1) is 13.2 Å². The summed E-state index contributed by atoms with van der Waals surface area (Å²) in [5.41, 5.74) is 7.76. The Labute approximate surface area is 110 Å². The summed E-state index contributed by atoms with van der Waals surface area (Å²) >= 11 is 0. The van der Waals surface area contributed by atoms with Crippen LogP contribution in [-0.2, 0) is 15.9 Å². The molecule has 0 amide bonds. The van der Waals surface area contributed by atoms with E-state index in [4.69, 9.17) is 15.2 Å². The Hall–Kier alpha value is -1.06. The fourth-order valence-electron chi connectivity index (χ4n) is 1.60. The van der Waals surface area contributed by atoms with Gasteiger partial charge >= 0.3 is 0 Å². The highest BCUT2D eigenvalue weighted by Gasteiger charge is 1.95. The molecule has 0 spiro atoms. The van der Waals surface area contributed by atoms with Gasteiger partial charge in [0.2, 0.25) is 0 Å². The van der Waals surface area contributed by atoms with Crippen molar-refractivity contribution in [2.75, 3.05) is 32.2 Å². The van der Waals surface area contributed by atoms with Crippen molar-refractivity contribution in [3.8, 4) is 0 Å². The van der Waals surface area contributed by atoms with Gasteiger partial charge in [-0.15, -0.1) is 0 Å². The maximum Gasteiger partial charge on any atom is 0.0700 e. The number of benzene rings is 1. The highest BCUT2D eigenvalue weighted by molar-refractivity contribution is 5.39. The second kappa shape index (κ2) is 8.95. The van der Waals surface area contributed by atoms with Crippen LogP contribution in [-0.4, -0.2) is 26.4 Å². The van der Waals surface area contributed by atoms with E-state index >= 15 is 0 Å². The summed E-state index contributed by atoms with van der Waals surface area (Å²) < 4.78 is 10.9. The van der Waals surface area contributed by atoms with E-state index in [0.29, 0.717) is 19.1 Å². The summed E-state index contributed by atoms with van der Waals surface area (Å²) in [5.74, 6) is 0.593. The summed E-state index contributed by atoms with van der Waals surface area (Å²) in [6, 6.07) is 8.02. The van der Waals surface area contributed by atoms with Crippen molar-refractivity contribution in [1.29, 1.82) is 0 Å². The van der Waals surface area contributed by atoms with Gasteiger partial charge in [-0.3, -0.25) is 0 Å². The van der Waals surface area contributed by atoms with Crippen LogP contribution in [0.5, 0.6) is 0 Å². The van der Waals surface area contributed by atoms with Crippen LogP contribution in [0.4, 0.5) is 5.69 Å². The van der Waals surface area contributed by atoms with Crippen LogP contribution in [0, 0.1) is 5.92 Å². The molecule has 0 atom stereocenters. The Morgan fingerprint density at radius 3 is 2.33 bits per heavy atom. The summed E-state index contributed by atoms with van der Waals surface area (Å²) in [4.78, 5) is 0. The molecule has 0 fully saturated rings. The van der Waals surface area contributed by atoms with Crippen LogP contribution < -0.4 is 5.73 Å². The van der Waals surface area contributed by atoms with Crippen molar-refractivity contribution in [3.05, 3.63) is 29.8 Å². The van der Waals surface area contributed by atoms with Gasteiger partial charge in [0.1, 0.15) is 0 Å². The minimum atomic E-state index is 0.593. The molecule has 102 valence electrons. The van der Waals surface area contributed by atoms with E-state index in [1.54, 1.807) is 0 Å².